The van der Waals surface area contributed by atoms with E-state index in [1.165, 1.54) is 17.2 Å². The minimum Gasteiger partial charge on any atom is -0.495 e. The van der Waals surface area contributed by atoms with Crippen molar-refractivity contribution in [2.45, 2.75) is 6.42 Å². The van der Waals surface area contributed by atoms with E-state index >= 15 is 0 Å². The fourth-order valence-corrected chi connectivity index (χ4v) is 4.64. The summed E-state index contributed by atoms with van der Waals surface area (Å²) in [6.07, 6.45) is 5.72. The molecule has 0 spiro atoms. The van der Waals surface area contributed by atoms with E-state index in [4.69, 9.17) is 4.74 Å². The van der Waals surface area contributed by atoms with Crippen LogP contribution in [0.2, 0.25) is 0 Å². The molecule has 0 atom stereocenters. The summed E-state index contributed by atoms with van der Waals surface area (Å²) in [5, 5.41) is 3.81. The molecule has 1 aromatic heterocycles. The fraction of sp³-hybridized carbons (Fsp3) is 0.0909. The zero-order chi connectivity index (χ0) is 26.3. The van der Waals surface area contributed by atoms with Gasteiger partial charge in [0.2, 0.25) is 5.91 Å². The number of nitrogens with one attached hydrogen (secondary N) is 1. The SMILES string of the molecule is COc1cccc2c(/C=C/C(=O)NCCc3ccccc3-c3ccccc3)cn(C(=O)c3ccccc3)c12. The van der Waals surface area contributed by atoms with E-state index in [1.807, 2.05) is 66.7 Å². The summed E-state index contributed by atoms with van der Waals surface area (Å²) in [5.41, 5.74) is 5.50. The van der Waals surface area contributed by atoms with Gasteiger partial charge >= 0.3 is 0 Å². The molecule has 0 unspecified atom stereocenters. The zero-order valence-corrected chi connectivity index (χ0v) is 21.1. The molecule has 0 aliphatic rings. The molecular formula is C33H28N2O3. The van der Waals surface area contributed by atoms with Crippen LogP contribution < -0.4 is 10.1 Å². The Hall–Kier alpha value is -4.90. The van der Waals surface area contributed by atoms with Gasteiger partial charge in [0.05, 0.1) is 12.6 Å². The molecule has 4 aromatic carbocycles. The van der Waals surface area contributed by atoms with Gasteiger partial charge < -0.3 is 10.1 Å². The zero-order valence-electron chi connectivity index (χ0n) is 21.1. The number of aromatic nitrogens is 1. The maximum atomic E-state index is 13.3. The van der Waals surface area contributed by atoms with Crippen molar-refractivity contribution < 1.29 is 14.3 Å². The lowest BCUT2D eigenvalue weighted by Gasteiger charge is -2.10. The topological polar surface area (TPSA) is 60.3 Å². The van der Waals surface area contributed by atoms with Gasteiger partial charge in [0.25, 0.3) is 5.91 Å². The highest BCUT2D eigenvalue weighted by Crippen LogP contribution is 2.31. The lowest BCUT2D eigenvalue weighted by atomic mass is 9.98. The van der Waals surface area contributed by atoms with E-state index in [0.29, 0.717) is 29.8 Å². The Kier molecular flexibility index (Phi) is 7.46. The van der Waals surface area contributed by atoms with Gasteiger partial charge in [-0.3, -0.25) is 14.2 Å². The molecule has 38 heavy (non-hydrogen) atoms. The average molecular weight is 501 g/mol. The molecule has 1 heterocycles. The van der Waals surface area contributed by atoms with Crippen LogP contribution >= 0.6 is 0 Å². The van der Waals surface area contributed by atoms with Gasteiger partial charge in [-0.1, -0.05) is 84.9 Å². The molecule has 0 bridgehead atoms. The van der Waals surface area contributed by atoms with Crippen molar-refractivity contribution in [3.05, 3.63) is 132 Å². The summed E-state index contributed by atoms with van der Waals surface area (Å²) in [4.78, 5) is 26.0. The number of hydrogen-bond acceptors (Lipinski definition) is 3. The second-order valence-corrected chi connectivity index (χ2v) is 8.88. The predicted molar refractivity (Wildman–Crippen MR) is 152 cm³/mol. The normalized spacial score (nSPS) is 11.1. The minimum absolute atomic E-state index is 0.165. The number of carbonyl (C=O) groups excluding carboxylic acids is 2. The first-order valence-corrected chi connectivity index (χ1v) is 12.5. The number of para-hydroxylation sites is 1. The second-order valence-electron chi connectivity index (χ2n) is 8.88. The van der Waals surface area contributed by atoms with Gasteiger partial charge in [0.1, 0.15) is 5.75 Å². The molecule has 1 amide bonds. The summed E-state index contributed by atoms with van der Waals surface area (Å²) < 4.78 is 7.14. The highest BCUT2D eigenvalue weighted by molar-refractivity contribution is 6.07. The van der Waals surface area contributed by atoms with Crippen molar-refractivity contribution in [1.29, 1.82) is 0 Å². The standard InChI is InChI=1S/C33H28N2O3/c1-38-30-18-10-17-29-27(23-35(32(29)30)33(37)26-14-6-3-7-15-26)19-20-31(36)34-22-21-25-13-8-9-16-28(25)24-11-4-2-5-12-24/h2-20,23H,21-22H2,1H3,(H,34,36)/b20-19+. The van der Waals surface area contributed by atoms with Gasteiger partial charge in [-0.2, -0.15) is 0 Å². The van der Waals surface area contributed by atoms with Crippen LogP contribution in [0.5, 0.6) is 5.75 Å². The van der Waals surface area contributed by atoms with Gasteiger partial charge in [-0.15, -0.1) is 0 Å². The summed E-state index contributed by atoms with van der Waals surface area (Å²) in [7, 11) is 1.58. The Morgan fingerprint density at radius 3 is 2.32 bits per heavy atom. The van der Waals surface area contributed by atoms with Crippen molar-refractivity contribution in [3.8, 4) is 16.9 Å². The molecule has 0 saturated heterocycles. The van der Waals surface area contributed by atoms with Crippen LogP contribution in [-0.4, -0.2) is 30.0 Å². The minimum atomic E-state index is -0.194. The largest absolute Gasteiger partial charge is 0.495 e. The van der Waals surface area contributed by atoms with Gasteiger partial charge in [0.15, 0.2) is 0 Å². The number of nitrogens with zero attached hydrogens (tertiary/aromatic N) is 1. The monoisotopic (exact) mass is 500 g/mol. The number of rotatable bonds is 8. The summed E-state index contributed by atoms with van der Waals surface area (Å²) in [5.74, 6) is 0.231. The molecule has 5 rings (SSSR count). The van der Waals surface area contributed by atoms with Gasteiger partial charge in [-0.05, 0) is 47.4 Å². The van der Waals surface area contributed by atoms with E-state index in [9.17, 15) is 9.59 Å². The van der Waals surface area contributed by atoms with E-state index in [1.54, 1.807) is 36.1 Å². The number of amides is 1. The molecule has 5 heteroatoms. The summed E-state index contributed by atoms with van der Waals surface area (Å²) in [6, 6.07) is 33.2. The number of methoxy groups -OCH3 is 1. The lowest BCUT2D eigenvalue weighted by Crippen LogP contribution is -2.23. The molecule has 5 aromatic rings. The molecule has 0 aliphatic carbocycles. The molecule has 5 nitrogen and oxygen atoms in total. The Labute approximate surface area is 222 Å². The number of carbonyl (C=O) groups is 2. The number of benzene rings is 4. The maximum Gasteiger partial charge on any atom is 0.262 e. The number of fused-ring (bicyclic) bond motifs is 1. The molecule has 188 valence electrons. The van der Waals surface area contributed by atoms with Crippen molar-refractivity contribution >= 4 is 28.8 Å². The van der Waals surface area contributed by atoms with Crippen LogP contribution in [-0.2, 0) is 11.2 Å². The Bertz CT molecular complexity index is 1600. The lowest BCUT2D eigenvalue weighted by molar-refractivity contribution is -0.116. The highest BCUT2D eigenvalue weighted by atomic mass is 16.5. The maximum absolute atomic E-state index is 13.3. The van der Waals surface area contributed by atoms with Crippen molar-refractivity contribution in [2.75, 3.05) is 13.7 Å². The Morgan fingerprint density at radius 1 is 0.842 bits per heavy atom. The third kappa shape index (κ3) is 5.27. The summed E-state index contributed by atoms with van der Waals surface area (Å²) in [6.45, 7) is 0.509. The highest BCUT2D eigenvalue weighted by Gasteiger charge is 2.17. The van der Waals surface area contributed by atoms with Crippen LogP contribution in [0.4, 0.5) is 0 Å². The van der Waals surface area contributed by atoms with Crippen LogP contribution in [0.3, 0.4) is 0 Å². The van der Waals surface area contributed by atoms with Crippen LogP contribution in [0.25, 0.3) is 28.1 Å². The van der Waals surface area contributed by atoms with E-state index in [2.05, 4.69) is 29.6 Å². The summed E-state index contributed by atoms with van der Waals surface area (Å²) >= 11 is 0. The average Bonchev–Trinajstić information content (AvgIpc) is 3.36. The van der Waals surface area contributed by atoms with Crippen LogP contribution in [0.1, 0.15) is 21.5 Å². The van der Waals surface area contributed by atoms with Crippen LogP contribution in [0, 0.1) is 0 Å². The quantitative estimate of drug-likeness (QED) is 0.252. The Morgan fingerprint density at radius 2 is 1.55 bits per heavy atom. The second kappa shape index (κ2) is 11.4. The third-order valence-electron chi connectivity index (χ3n) is 6.49. The molecule has 0 radical (unpaired) electrons. The van der Waals surface area contributed by atoms with Crippen molar-refractivity contribution in [1.82, 2.24) is 9.88 Å². The molecule has 0 saturated carbocycles. The first-order valence-electron chi connectivity index (χ1n) is 12.5. The Balaban J connectivity index is 1.33. The molecule has 1 N–H and O–H groups in total. The van der Waals surface area contributed by atoms with Crippen molar-refractivity contribution in [2.24, 2.45) is 0 Å². The molecule has 0 aliphatic heterocycles. The molecular weight excluding hydrogens is 472 g/mol. The smallest absolute Gasteiger partial charge is 0.262 e. The molecule has 0 fully saturated rings. The van der Waals surface area contributed by atoms with Gasteiger partial charge in [0, 0.05) is 35.3 Å². The number of ether oxygens (including phenoxy) is 1. The number of hydrogen-bond donors (Lipinski definition) is 1. The van der Waals surface area contributed by atoms with E-state index < -0.39 is 0 Å². The van der Waals surface area contributed by atoms with Crippen LogP contribution in [0.15, 0.2) is 115 Å². The third-order valence-corrected chi connectivity index (χ3v) is 6.49. The first kappa shape index (κ1) is 24.8. The van der Waals surface area contributed by atoms with Crippen molar-refractivity contribution in [3.63, 3.8) is 0 Å². The van der Waals surface area contributed by atoms with Gasteiger partial charge in [-0.25, -0.2) is 0 Å². The first-order chi connectivity index (χ1) is 18.7. The van der Waals surface area contributed by atoms with E-state index in [-0.39, 0.29) is 11.8 Å². The fourth-order valence-electron chi connectivity index (χ4n) is 4.64. The predicted octanol–water partition coefficient (Wildman–Crippen LogP) is 6.38. The van der Waals surface area contributed by atoms with E-state index in [0.717, 1.165) is 16.5 Å².